The summed E-state index contributed by atoms with van der Waals surface area (Å²) in [6.07, 6.45) is 1.45. The number of carbonyl (C=O) groups is 2. The lowest BCUT2D eigenvalue weighted by atomic mass is 9.95. The van der Waals surface area contributed by atoms with Crippen molar-refractivity contribution in [2.24, 2.45) is 7.05 Å². The van der Waals surface area contributed by atoms with Gasteiger partial charge in [-0.05, 0) is 24.6 Å². The highest BCUT2D eigenvalue weighted by atomic mass is 32.2. The largest absolute Gasteiger partial charge is 0.497 e. The minimum Gasteiger partial charge on any atom is -0.497 e. The standard InChI is InChI=1S/C18H21N5O4S/c1-4-27-16(24)14-13(9-28-18-19-10-20-23(18)2)21-17(25)22-15(14)11-6-5-7-12(8-11)26-3/h5-8,10,15H,4,9H2,1-3H3,(H2,21,22,25)/t15-/m1/s1. The summed E-state index contributed by atoms with van der Waals surface area (Å²) >= 11 is 1.36. The number of benzene rings is 1. The quantitative estimate of drug-likeness (QED) is 0.536. The molecule has 2 N–H and O–H groups in total. The van der Waals surface area contributed by atoms with E-state index in [0.29, 0.717) is 27.9 Å². The number of nitrogens with one attached hydrogen (secondary N) is 2. The summed E-state index contributed by atoms with van der Waals surface area (Å²) in [5.41, 5.74) is 1.55. The Morgan fingerprint density at radius 2 is 2.21 bits per heavy atom. The molecule has 0 bridgehead atoms. The number of nitrogens with zero attached hydrogens (tertiary/aromatic N) is 3. The highest BCUT2D eigenvalue weighted by molar-refractivity contribution is 7.99. The van der Waals surface area contributed by atoms with Crippen molar-refractivity contribution in [1.29, 1.82) is 0 Å². The highest BCUT2D eigenvalue weighted by Crippen LogP contribution is 2.31. The van der Waals surface area contributed by atoms with Crippen LogP contribution in [0, 0.1) is 0 Å². The highest BCUT2D eigenvalue weighted by Gasteiger charge is 2.34. The van der Waals surface area contributed by atoms with Crippen molar-refractivity contribution in [1.82, 2.24) is 25.4 Å². The third-order valence-electron chi connectivity index (χ3n) is 4.09. The number of aromatic nitrogens is 3. The Bertz CT molecular complexity index is 911. The molecule has 1 aromatic heterocycles. The number of rotatable bonds is 7. The van der Waals surface area contributed by atoms with Crippen LogP contribution in [-0.4, -0.2) is 46.2 Å². The average molecular weight is 403 g/mol. The van der Waals surface area contributed by atoms with Gasteiger partial charge in [0, 0.05) is 18.5 Å². The van der Waals surface area contributed by atoms with Crippen molar-refractivity contribution in [2.75, 3.05) is 19.5 Å². The molecule has 0 unspecified atom stereocenters. The Morgan fingerprint density at radius 1 is 1.39 bits per heavy atom. The Morgan fingerprint density at radius 3 is 2.89 bits per heavy atom. The molecule has 10 heteroatoms. The fraction of sp³-hybridized carbons (Fsp3) is 0.333. The molecular weight excluding hydrogens is 382 g/mol. The number of hydrogen-bond acceptors (Lipinski definition) is 7. The van der Waals surface area contributed by atoms with Crippen LogP contribution in [0.4, 0.5) is 4.79 Å². The first-order valence-electron chi connectivity index (χ1n) is 8.62. The normalized spacial score (nSPS) is 16.4. The van der Waals surface area contributed by atoms with Gasteiger partial charge < -0.3 is 20.1 Å². The maximum atomic E-state index is 12.7. The molecule has 2 amide bonds. The molecule has 1 atom stereocenters. The fourth-order valence-corrected chi connectivity index (χ4v) is 3.66. The molecule has 28 heavy (non-hydrogen) atoms. The lowest BCUT2D eigenvalue weighted by Crippen LogP contribution is -2.46. The van der Waals surface area contributed by atoms with E-state index < -0.39 is 18.0 Å². The Hall–Kier alpha value is -3.01. The lowest BCUT2D eigenvalue weighted by Gasteiger charge is -2.29. The molecule has 0 saturated carbocycles. The molecule has 2 aromatic rings. The molecule has 0 fully saturated rings. The summed E-state index contributed by atoms with van der Waals surface area (Å²) in [7, 11) is 3.33. The fourth-order valence-electron chi connectivity index (χ4n) is 2.81. The predicted octanol–water partition coefficient (Wildman–Crippen LogP) is 1.79. The van der Waals surface area contributed by atoms with E-state index in [2.05, 4.69) is 20.7 Å². The molecule has 2 heterocycles. The van der Waals surface area contributed by atoms with Gasteiger partial charge in [-0.15, -0.1) is 0 Å². The first-order valence-corrected chi connectivity index (χ1v) is 9.60. The summed E-state index contributed by atoms with van der Waals surface area (Å²) in [5.74, 6) is 0.467. The Labute approximate surface area is 166 Å². The van der Waals surface area contributed by atoms with E-state index in [9.17, 15) is 9.59 Å². The maximum Gasteiger partial charge on any atom is 0.338 e. The molecule has 1 aliphatic heterocycles. The molecule has 0 aliphatic carbocycles. The number of amides is 2. The van der Waals surface area contributed by atoms with Gasteiger partial charge in [-0.1, -0.05) is 23.9 Å². The summed E-state index contributed by atoms with van der Waals surface area (Å²) in [6, 6.07) is 6.16. The number of thioether (sulfide) groups is 1. The van der Waals surface area contributed by atoms with Gasteiger partial charge in [0.1, 0.15) is 12.1 Å². The van der Waals surface area contributed by atoms with Crippen LogP contribution >= 0.6 is 11.8 Å². The SMILES string of the molecule is CCOC(=O)C1=C(CSc2ncnn2C)NC(=O)N[C@@H]1c1cccc(OC)c1. The van der Waals surface area contributed by atoms with Gasteiger partial charge in [0.15, 0.2) is 5.16 Å². The van der Waals surface area contributed by atoms with Crippen LogP contribution in [0.5, 0.6) is 5.75 Å². The smallest absolute Gasteiger partial charge is 0.338 e. The summed E-state index contributed by atoms with van der Waals surface area (Å²) < 4.78 is 12.1. The van der Waals surface area contributed by atoms with Crippen molar-refractivity contribution < 1.29 is 19.1 Å². The molecule has 0 radical (unpaired) electrons. The molecule has 0 spiro atoms. The molecule has 9 nitrogen and oxygen atoms in total. The number of carbonyl (C=O) groups excluding carboxylic acids is 2. The summed E-state index contributed by atoms with van der Waals surface area (Å²) in [6.45, 7) is 1.96. The van der Waals surface area contributed by atoms with Crippen LogP contribution < -0.4 is 15.4 Å². The minimum atomic E-state index is -0.655. The van der Waals surface area contributed by atoms with Gasteiger partial charge in [0.05, 0.1) is 25.3 Å². The van der Waals surface area contributed by atoms with Gasteiger partial charge in [0.2, 0.25) is 0 Å². The number of methoxy groups -OCH3 is 1. The lowest BCUT2D eigenvalue weighted by molar-refractivity contribution is -0.139. The molecular formula is C18H21N5O4S. The topological polar surface area (TPSA) is 107 Å². The monoisotopic (exact) mass is 403 g/mol. The average Bonchev–Trinajstić information content (AvgIpc) is 3.10. The van der Waals surface area contributed by atoms with E-state index in [1.807, 2.05) is 6.07 Å². The van der Waals surface area contributed by atoms with Crippen LogP contribution in [-0.2, 0) is 16.6 Å². The van der Waals surface area contributed by atoms with Crippen LogP contribution in [0.3, 0.4) is 0 Å². The van der Waals surface area contributed by atoms with E-state index in [-0.39, 0.29) is 6.61 Å². The number of ether oxygens (including phenoxy) is 2. The number of aryl methyl sites for hydroxylation is 1. The van der Waals surface area contributed by atoms with E-state index in [0.717, 1.165) is 5.56 Å². The second-order valence-corrected chi connectivity index (χ2v) is 6.82. The van der Waals surface area contributed by atoms with Crippen LogP contribution in [0.1, 0.15) is 18.5 Å². The third-order valence-corrected chi connectivity index (χ3v) is 5.15. The molecule has 3 rings (SSSR count). The zero-order chi connectivity index (χ0) is 20.1. The predicted molar refractivity (Wildman–Crippen MR) is 103 cm³/mol. The molecule has 1 aliphatic rings. The summed E-state index contributed by atoms with van der Waals surface area (Å²) in [4.78, 5) is 29.2. The minimum absolute atomic E-state index is 0.227. The summed E-state index contributed by atoms with van der Waals surface area (Å²) in [5, 5.41) is 10.2. The van der Waals surface area contributed by atoms with E-state index in [4.69, 9.17) is 9.47 Å². The second kappa shape index (κ2) is 8.79. The van der Waals surface area contributed by atoms with Gasteiger partial charge in [0.25, 0.3) is 0 Å². The molecule has 148 valence electrons. The van der Waals surface area contributed by atoms with Gasteiger partial charge in [-0.2, -0.15) is 5.10 Å². The second-order valence-electron chi connectivity index (χ2n) is 5.88. The number of urea groups is 1. The number of esters is 1. The molecule has 1 aromatic carbocycles. The van der Waals surface area contributed by atoms with Crippen LogP contribution in [0.15, 0.2) is 47.0 Å². The van der Waals surface area contributed by atoms with Crippen LogP contribution in [0.25, 0.3) is 0 Å². The molecule has 0 saturated heterocycles. The van der Waals surface area contributed by atoms with E-state index in [1.165, 1.54) is 18.1 Å². The van der Waals surface area contributed by atoms with E-state index in [1.54, 1.807) is 44.0 Å². The van der Waals surface area contributed by atoms with E-state index >= 15 is 0 Å². The van der Waals surface area contributed by atoms with Gasteiger partial charge in [-0.25, -0.2) is 19.3 Å². The number of hydrogen-bond donors (Lipinski definition) is 2. The van der Waals surface area contributed by atoms with Crippen molar-refractivity contribution in [3.05, 3.63) is 47.4 Å². The van der Waals surface area contributed by atoms with Crippen molar-refractivity contribution in [3.8, 4) is 5.75 Å². The Kier molecular flexibility index (Phi) is 6.19. The maximum absolute atomic E-state index is 12.7. The van der Waals surface area contributed by atoms with Crippen molar-refractivity contribution in [2.45, 2.75) is 18.1 Å². The van der Waals surface area contributed by atoms with Gasteiger partial charge in [-0.3, -0.25) is 0 Å². The van der Waals surface area contributed by atoms with Crippen molar-refractivity contribution >= 4 is 23.8 Å². The third kappa shape index (κ3) is 4.28. The Balaban J connectivity index is 1.99. The van der Waals surface area contributed by atoms with Gasteiger partial charge >= 0.3 is 12.0 Å². The zero-order valence-electron chi connectivity index (χ0n) is 15.8. The van der Waals surface area contributed by atoms with Crippen molar-refractivity contribution in [3.63, 3.8) is 0 Å². The first kappa shape index (κ1) is 19.7. The first-order chi connectivity index (χ1) is 13.5. The van der Waals surface area contributed by atoms with Crippen LogP contribution in [0.2, 0.25) is 0 Å². The zero-order valence-corrected chi connectivity index (χ0v) is 16.6.